The van der Waals surface area contributed by atoms with E-state index in [0.29, 0.717) is 12.0 Å². The highest BCUT2D eigenvalue weighted by Crippen LogP contribution is 2.26. The summed E-state index contributed by atoms with van der Waals surface area (Å²) in [5.74, 6) is -1.25. The average Bonchev–Trinajstić information content (AvgIpc) is 2.53. The van der Waals surface area contributed by atoms with Crippen molar-refractivity contribution in [1.29, 1.82) is 0 Å². The van der Waals surface area contributed by atoms with Crippen molar-refractivity contribution in [3.8, 4) is 0 Å². The first-order valence-electron chi connectivity index (χ1n) is 7.68. The molecule has 0 amide bonds. The zero-order valence-corrected chi connectivity index (χ0v) is 15.7. The first-order valence-corrected chi connectivity index (χ1v) is 9.54. The van der Waals surface area contributed by atoms with E-state index in [1.54, 1.807) is 6.92 Å². The van der Waals surface area contributed by atoms with E-state index in [1.165, 1.54) is 12.5 Å². The van der Waals surface area contributed by atoms with Crippen molar-refractivity contribution in [2.75, 3.05) is 0 Å². The molecule has 1 aromatic rings. The molecule has 0 saturated heterocycles. The van der Waals surface area contributed by atoms with Crippen molar-refractivity contribution < 1.29 is 18.3 Å². The maximum atomic E-state index is 12.4. The minimum atomic E-state index is -3.85. The molecule has 9 heteroatoms. The Morgan fingerprint density at radius 2 is 1.92 bits per heavy atom. The Bertz CT molecular complexity index is 689. The van der Waals surface area contributed by atoms with Crippen LogP contribution < -0.4 is 10.3 Å². The lowest BCUT2D eigenvalue weighted by Crippen LogP contribution is -2.45. The van der Waals surface area contributed by atoms with Gasteiger partial charge in [-0.25, -0.2) is 18.6 Å². The zero-order valence-electron chi connectivity index (χ0n) is 13.3. The summed E-state index contributed by atoms with van der Waals surface area (Å²) in [6, 6.07) is 2.62. The predicted octanol–water partition coefficient (Wildman–Crippen LogP) is 3.14. The summed E-state index contributed by atoms with van der Waals surface area (Å²) in [5, 5.41) is 9.28. The second-order valence-corrected chi connectivity index (χ2v) is 7.75. The maximum Gasteiger partial charge on any atom is 0.337 e. The Hall–Kier alpha value is -0.860. The molecule has 6 nitrogen and oxygen atoms in total. The van der Waals surface area contributed by atoms with E-state index in [1.807, 2.05) is 0 Å². The Morgan fingerprint density at radius 1 is 1.29 bits per heavy atom. The lowest BCUT2D eigenvalue weighted by molar-refractivity contribution is 0.0696. The van der Waals surface area contributed by atoms with E-state index in [9.17, 15) is 18.3 Å². The molecule has 1 fully saturated rings. The number of hydrogen-bond donors (Lipinski definition) is 3. The molecule has 0 atom stereocenters. The van der Waals surface area contributed by atoms with Crippen LogP contribution in [0.5, 0.6) is 0 Å². The summed E-state index contributed by atoms with van der Waals surface area (Å²) in [6.45, 7) is 1.79. The van der Waals surface area contributed by atoms with Crippen LogP contribution in [0, 0.1) is 0 Å². The number of hydrogen-bond acceptors (Lipinski definition) is 4. The number of carbonyl (C=O) groups is 1. The molecule has 24 heavy (non-hydrogen) atoms. The maximum absolute atomic E-state index is 12.4. The number of carboxylic acid groups (broad SMARTS) is 1. The lowest BCUT2D eigenvalue weighted by Gasteiger charge is -2.23. The second-order valence-electron chi connectivity index (χ2n) is 5.69. The average molecular weight is 397 g/mol. The predicted molar refractivity (Wildman–Crippen MR) is 95.4 cm³/mol. The summed E-state index contributed by atoms with van der Waals surface area (Å²) in [6.07, 6.45) is 5.60. The standard InChI is InChI=1S/C15H21ClN2O4S.ClH/c1-2-10-8-12(9-13(14(10)16)15(19)20)23(21,22)18-17-11-6-4-3-5-7-11;/h8-9,11,17-18H,2-7H2,1H3,(H,19,20);1H. The van der Waals surface area contributed by atoms with Crippen LogP contribution in [0.1, 0.15) is 54.9 Å². The summed E-state index contributed by atoms with van der Waals surface area (Å²) in [5.41, 5.74) is 3.13. The molecule has 3 N–H and O–H groups in total. The van der Waals surface area contributed by atoms with Crippen LogP contribution in [0.25, 0.3) is 0 Å². The molecule has 0 aromatic heterocycles. The third-order valence-corrected chi connectivity index (χ3v) is 5.73. The first kappa shape index (κ1) is 21.2. The molecule has 0 radical (unpaired) electrons. The number of aromatic carboxylic acids is 1. The van der Waals surface area contributed by atoms with Crippen molar-refractivity contribution >= 4 is 40.0 Å². The molecule has 0 spiro atoms. The van der Waals surface area contributed by atoms with E-state index in [4.69, 9.17) is 11.6 Å². The summed E-state index contributed by atoms with van der Waals surface area (Å²) in [7, 11) is -3.85. The molecular formula is C15H22Cl2N2O4S. The van der Waals surface area contributed by atoms with Crippen LogP contribution in [-0.4, -0.2) is 25.5 Å². The smallest absolute Gasteiger partial charge is 0.337 e. The minimum absolute atomic E-state index is 0. The number of hydrazine groups is 1. The molecule has 0 aliphatic heterocycles. The van der Waals surface area contributed by atoms with E-state index >= 15 is 0 Å². The third kappa shape index (κ3) is 5.07. The molecule has 0 heterocycles. The summed E-state index contributed by atoms with van der Waals surface area (Å²) >= 11 is 6.01. The number of benzene rings is 1. The van der Waals surface area contributed by atoms with Gasteiger partial charge in [0.1, 0.15) is 0 Å². The van der Waals surface area contributed by atoms with Gasteiger partial charge in [-0.3, -0.25) is 0 Å². The van der Waals surface area contributed by atoms with Crippen molar-refractivity contribution in [3.05, 3.63) is 28.3 Å². The van der Waals surface area contributed by atoms with Crippen molar-refractivity contribution in [3.63, 3.8) is 0 Å². The van der Waals surface area contributed by atoms with Gasteiger partial charge in [-0.05, 0) is 37.0 Å². The van der Waals surface area contributed by atoms with Crippen molar-refractivity contribution in [1.82, 2.24) is 10.3 Å². The van der Waals surface area contributed by atoms with Gasteiger partial charge in [0.05, 0.1) is 15.5 Å². The van der Waals surface area contributed by atoms with Gasteiger partial charge in [0.25, 0.3) is 10.0 Å². The normalized spacial score (nSPS) is 15.8. The van der Waals surface area contributed by atoms with Crippen LogP contribution in [0.15, 0.2) is 17.0 Å². The van der Waals surface area contributed by atoms with Crippen molar-refractivity contribution in [2.24, 2.45) is 0 Å². The molecule has 1 aromatic carbocycles. The highest BCUT2D eigenvalue weighted by molar-refractivity contribution is 7.89. The van der Waals surface area contributed by atoms with Gasteiger partial charge in [0, 0.05) is 6.04 Å². The second kappa shape index (κ2) is 9.01. The lowest BCUT2D eigenvalue weighted by atomic mass is 9.96. The van der Waals surface area contributed by atoms with E-state index in [-0.39, 0.29) is 33.9 Å². The monoisotopic (exact) mass is 396 g/mol. The Labute approximate surface area is 153 Å². The number of sulfonamides is 1. The van der Waals surface area contributed by atoms with Crippen LogP contribution in [0.3, 0.4) is 0 Å². The number of rotatable bonds is 6. The largest absolute Gasteiger partial charge is 0.478 e. The fourth-order valence-corrected chi connectivity index (χ4v) is 4.02. The first-order chi connectivity index (χ1) is 10.8. The van der Waals surface area contributed by atoms with Crippen LogP contribution in [-0.2, 0) is 16.4 Å². The molecule has 1 aliphatic carbocycles. The molecule has 0 bridgehead atoms. The van der Waals surface area contributed by atoms with Crippen LogP contribution >= 0.6 is 24.0 Å². The van der Waals surface area contributed by atoms with Crippen molar-refractivity contribution in [2.45, 2.75) is 56.4 Å². The van der Waals surface area contributed by atoms with Gasteiger partial charge in [-0.1, -0.05) is 37.8 Å². The molecule has 1 aliphatic rings. The van der Waals surface area contributed by atoms with E-state index < -0.39 is 16.0 Å². The van der Waals surface area contributed by atoms with Gasteiger partial charge in [0.15, 0.2) is 0 Å². The molecule has 2 rings (SSSR count). The Kier molecular flexibility index (Phi) is 7.95. The SMILES string of the molecule is CCc1cc(S(=O)(=O)NNC2CCCCC2)cc(C(=O)O)c1Cl.Cl. The van der Waals surface area contributed by atoms with Gasteiger partial charge in [-0.15, -0.1) is 17.2 Å². The van der Waals surface area contributed by atoms with Gasteiger partial charge < -0.3 is 5.11 Å². The van der Waals surface area contributed by atoms with E-state index in [0.717, 1.165) is 31.7 Å². The van der Waals surface area contributed by atoms with Gasteiger partial charge in [0.2, 0.25) is 0 Å². The highest BCUT2D eigenvalue weighted by atomic mass is 35.5. The van der Waals surface area contributed by atoms with Crippen LogP contribution in [0.2, 0.25) is 5.02 Å². The summed E-state index contributed by atoms with van der Waals surface area (Å²) in [4.78, 5) is 13.5. The van der Waals surface area contributed by atoms with Gasteiger partial charge >= 0.3 is 5.97 Å². The Balaban J connectivity index is 0.00000288. The fraction of sp³-hybridized carbons (Fsp3) is 0.533. The number of aryl methyl sites for hydroxylation is 1. The topological polar surface area (TPSA) is 95.5 Å². The Morgan fingerprint density at radius 3 is 2.46 bits per heavy atom. The number of carboxylic acids is 1. The molecule has 136 valence electrons. The zero-order chi connectivity index (χ0) is 17.0. The third-order valence-electron chi connectivity index (χ3n) is 4.05. The fourth-order valence-electron chi connectivity index (χ4n) is 2.69. The highest BCUT2D eigenvalue weighted by Gasteiger charge is 2.22. The number of halogens is 2. The minimum Gasteiger partial charge on any atom is -0.478 e. The molecule has 1 saturated carbocycles. The van der Waals surface area contributed by atoms with Gasteiger partial charge in [-0.2, -0.15) is 0 Å². The quantitative estimate of drug-likeness (QED) is 0.641. The van der Waals surface area contributed by atoms with Crippen LogP contribution in [0.4, 0.5) is 0 Å². The molecule has 0 unspecified atom stereocenters. The number of nitrogens with one attached hydrogen (secondary N) is 2. The van der Waals surface area contributed by atoms with E-state index in [2.05, 4.69) is 10.3 Å². The summed E-state index contributed by atoms with van der Waals surface area (Å²) < 4.78 is 24.8. The molecular weight excluding hydrogens is 375 g/mol.